The van der Waals surface area contributed by atoms with Gasteiger partial charge in [0.25, 0.3) is 0 Å². The first-order valence-corrected chi connectivity index (χ1v) is 5.09. The fraction of sp³-hybridized carbons (Fsp3) is 0.333. The third-order valence-corrected chi connectivity index (χ3v) is 3.13. The Morgan fingerprint density at radius 3 is 2.50 bits per heavy atom. The Hall–Kier alpha value is -0.790. The van der Waals surface area contributed by atoms with E-state index < -0.39 is 0 Å². The van der Waals surface area contributed by atoms with Gasteiger partial charge in [-0.05, 0) is 17.7 Å². The topological polar surface area (TPSA) is 12.5 Å². The molecule has 74 valence electrons. The van der Waals surface area contributed by atoms with Gasteiger partial charge in [-0.2, -0.15) is 0 Å². The van der Waals surface area contributed by atoms with Crippen molar-refractivity contribution in [3.63, 3.8) is 0 Å². The zero-order valence-corrected chi connectivity index (χ0v) is 8.92. The highest BCUT2D eigenvalue weighted by atomic mass is 35.5. The number of hydrogen-bond acceptors (Lipinski definition) is 1. The lowest BCUT2D eigenvalue weighted by Gasteiger charge is -2.16. The summed E-state index contributed by atoms with van der Waals surface area (Å²) in [6.45, 7) is 6.70. The van der Waals surface area contributed by atoms with Crippen molar-refractivity contribution < 1.29 is 4.74 Å². The van der Waals surface area contributed by atoms with Gasteiger partial charge in [-0.25, -0.2) is 0 Å². The van der Waals surface area contributed by atoms with Crippen LogP contribution in [0.1, 0.15) is 12.5 Å². The third kappa shape index (κ3) is 1.47. The second-order valence-electron chi connectivity index (χ2n) is 3.71. The largest absolute Gasteiger partial charge is 0.364 e. The number of ether oxygens (including phenoxy) is 1. The van der Waals surface area contributed by atoms with Crippen LogP contribution in [0.2, 0.25) is 5.02 Å². The van der Waals surface area contributed by atoms with E-state index in [1.54, 1.807) is 0 Å². The summed E-state index contributed by atoms with van der Waals surface area (Å²) in [6.07, 6.45) is 1.93. The minimum Gasteiger partial charge on any atom is -0.364 e. The van der Waals surface area contributed by atoms with Gasteiger partial charge in [-0.3, -0.25) is 0 Å². The highest BCUT2D eigenvalue weighted by molar-refractivity contribution is 6.30. The lowest BCUT2D eigenvalue weighted by Crippen LogP contribution is -2.17. The molecule has 0 bridgehead atoms. The molecule has 2 heteroatoms. The highest BCUT2D eigenvalue weighted by Gasteiger charge is 2.49. The van der Waals surface area contributed by atoms with Crippen LogP contribution in [-0.2, 0) is 10.3 Å². The molecule has 1 aliphatic heterocycles. The first kappa shape index (κ1) is 9.75. The predicted molar refractivity (Wildman–Crippen MR) is 58.4 cm³/mol. The van der Waals surface area contributed by atoms with Gasteiger partial charge in [-0.1, -0.05) is 36.7 Å². The lowest BCUT2D eigenvalue weighted by molar-refractivity contribution is 0.260. The molecule has 0 amide bonds. The van der Waals surface area contributed by atoms with Crippen LogP contribution in [0, 0.1) is 5.92 Å². The molecule has 1 fully saturated rings. The molecule has 1 aliphatic rings. The molecular formula is C12H13ClO. The minimum absolute atomic E-state index is 0.133. The number of hydrogen-bond donors (Lipinski definition) is 0. The average molecular weight is 209 g/mol. The SMILES string of the molecule is C=CC(C)C1(c2ccc(Cl)cc2)CO1. The van der Waals surface area contributed by atoms with Gasteiger partial charge in [0.05, 0.1) is 6.61 Å². The van der Waals surface area contributed by atoms with E-state index in [9.17, 15) is 0 Å². The third-order valence-electron chi connectivity index (χ3n) is 2.88. The van der Waals surface area contributed by atoms with E-state index in [4.69, 9.17) is 16.3 Å². The van der Waals surface area contributed by atoms with E-state index >= 15 is 0 Å². The summed E-state index contributed by atoms with van der Waals surface area (Å²) in [7, 11) is 0. The van der Waals surface area contributed by atoms with E-state index in [0.717, 1.165) is 11.6 Å². The van der Waals surface area contributed by atoms with Crippen molar-refractivity contribution >= 4 is 11.6 Å². The summed E-state index contributed by atoms with van der Waals surface area (Å²) < 4.78 is 5.56. The molecule has 1 heterocycles. The van der Waals surface area contributed by atoms with E-state index in [-0.39, 0.29) is 5.60 Å². The molecular weight excluding hydrogens is 196 g/mol. The molecule has 2 atom stereocenters. The van der Waals surface area contributed by atoms with Crippen LogP contribution >= 0.6 is 11.6 Å². The molecule has 2 unspecified atom stereocenters. The molecule has 0 saturated carbocycles. The first-order valence-electron chi connectivity index (χ1n) is 4.71. The molecule has 1 aromatic carbocycles. The minimum atomic E-state index is -0.133. The second-order valence-corrected chi connectivity index (χ2v) is 4.15. The van der Waals surface area contributed by atoms with Crippen molar-refractivity contribution in [2.75, 3.05) is 6.61 Å². The molecule has 0 aliphatic carbocycles. The van der Waals surface area contributed by atoms with Crippen molar-refractivity contribution in [1.29, 1.82) is 0 Å². The molecule has 2 rings (SSSR count). The van der Waals surface area contributed by atoms with Gasteiger partial charge in [0.15, 0.2) is 0 Å². The number of benzene rings is 1. The number of rotatable bonds is 3. The van der Waals surface area contributed by atoms with Crippen LogP contribution in [0.15, 0.2) is 36.9 Å². The Kier molecular flexibility index (Phi) is 2.38. The van der Waals surface area contributed by atoms with E-state index in [1.165, 1.54) is 5.56 Å². The Balaban J connectivity index is 2.30. The van der Waals surface area contributed by atoms with Crippen LogP contribution in [0.3, 0.4) is 0 Å². The first-order chi connectivity index (χ1) is 6.69. The maximum absolute atomic E-state index is 5.83. The lowest BCUT2D eigenvalue weighted by atomic mass is 9.88. The summed E-state index contributed by atoms with van der Waals surface area (Å²) in [4.78, 5) is 0. The maximum atomic E-state index is 5.83. The molecule has 1 nitrogen and oxygen atoms in total. The number of epoxide rings is 1. The smallest absolute Gasteiger partial charge is 0.122 e. The van der Waals surface area contributed by atoms with Crippen LogP contribution in [-0.4, -0.2) is 6.61 Å². The van der Waals surface area contributed by atoms with E-state index in [2.05, 4.69) is 13.5 Å². The Labute approximate surface area is 89.3 Å². The molecule has 14 heavy (non-hydrogen) atoms. The zero-order chi connectivity index (χ0) is 10.2. The highest BCUT2D eigenvalue weighted by Crippen LogP contribution is 2.45. The van der Waals surface area contributed by atoms with Crippen molar-refractivity contribution in [2.24, 2.45) is 5.92 Å². The van der Waals surface area contributed by atoms with Crippen LogP contribution in [0.5, 0.6) is 0 Å². The zero-order valence-electron chi connectivity index (χ0n) is 8.16. The van der Waals surface area contributed by atoms with E-state index in [1.807, 2.05) is 30.3 Å². The van der Waals surface area contributed by atoms with E-state index in [0.29, 0.717) is 5.92 Å². The molecule has 1 aromatic rings. The molecule has 1 saturated heterocycles. The Bertz CT molecular complexity index is 338. The standard InChI is InChI=1S/C12H13ClO/c1-3-9(2)12(8-14-12)10-4-6-11(13)7-5-10/h3-7,9H,1,8H2,2H3. The Morgan fingerprint density at radius 2 is 2.07 bits per heavy atom. The molecule has 0 aromatic heterocycles. The summed E-state index contributed by atoms with van der Waals surface area (Å²) in [6, 6.07) is 7.84. The maximum Gasteiger partial charge on any atom is 0.122 e. The van der Waals surface area contributed by atoms with Gasteiger partial charge < -0.3 is 4.74 Å². The predicted octanol–water partition coefficient (Wildman–Crippen LogP) is 3.39. The molecule has 0 spiro atoms. The summed E-state index contributed by atoms with van der Waals surface area (Å²) >= 11 is 5.83. The Morgan fingerprint density at radius 1 is 1.50 bits per heavy atom. The monoisotopic (exact) mass is 208 g/mol. The van der Waals surface area contributed by atoms with Gasteiger partial charge in [0.1, 0.15) is 5.60 Å². The fourth-order valence-corrected chi connectivity index (χ4v) is 1.82. The summed E-state index contributed by atoms with van der Waals surface area (Å²) in [5.74, 6) is 0.337. The van der Waals surface area contributed by atoms with Gasteiger partial charge >= 0.3 is 0 Å². The summed E-state index contributed by atoms with van der Waals surface area (Å²) in [5, 5.41) is 0.760. The normalized spacial score (nSPS) is 27.0. The van der Waals surface area contributed by atoms with Crippen molar-refractivity contribution in [3.8, 4) is 0 Å². The van der Waals surface area contributed by atoms with Crippen LogP contribution in [0.25, 0.3) is 0 Å². The van der Waals surface area contributed by atoms with Crippen molar-refractivity contribution in [3.05, 3.63) is 47.5 Å². The molecule has 0 N–H and O–H groups in total. The second kappa shape index (κ2) is 3.41. The van der Waals surface area contributed by atoms with Crippen LogP contribution < -0.4 is 0 Å². The van der Waals surface area contributed by atoms with Crippen molar-refractivity contribution in [2.45, 2.75) is 12.5 Å². The van der Waals surface area contributed by atoms with Gasteiger partial charge in [0.2, 0.25) is 0 Å². The van der Waals surface area contributed by atoms with Gasteiger partial charge in [-0.15, -0.1) is 6.58 Å². The average Bonchev–Trinajstić information content (AvgIpc) is 2.99. The van der Waals surface area contributed by atoms with Crippen LogP contribution in [0.4, 0.5) is 0 Å². The van der Waals surface area contributed by atoms with Crippen molar-refractivity contribution in [1.82, 2.24) is 0 Å². The summed E-state index contributed by atoms with van der Waals surface area (Å²) in [5.41, 5.74) is 1.06. The quantitative estimate of drug-likeness (QED) is 0.548. The van der Waals surface area contributed by atoms with Gasteiger partial charge in [0, 0.05) is 10.9 Å². The number of halogens is 1. The fourth-order valence-electron chi connectivity index (χ4n) is 1.69. The molecule has 0 radical (unpaired) electrons.